The molecule has 0 spiro atoms. The van der Waals surface area contributed by atoms with E-state index >= 15 is 0 Å². The molecule has 1 aromatic carbocycles. The molecule has 0 saturated carbocycles. The van der Waals surface area contributed by atoms with Crippen molar-refractivity contribution in [3.63, 3.8) is 0 Å². The molecule has 19 heavy (non-hydrogen) atoms. The molecular formula is C12H19N3O3S. The Labute approximate surface area is 113 Å². The first-order valence-electron chi connectivity index (χ1n) is 5.88. The Bertz CT molecular complexity index is 555. The fourth-order valence-electron chi connectivity index (χ4n) is 1.39. The van der Waals surface area contributed by atoms with Gasteiger partial charge in [0.05, 0.1) is 10.9 Å². The lowest BCUT2D eigenvalue weighted by molar-refractivity contribution is -0.118. The second-order valence-corrected chi connectivity index (χ2v) is 6.38. The molecule has 0 radical (unpaired) electrons. The van der Waals surface area contributed by atoms with Gasteiger partial charge in [-0.15, -0.1) is 0 Å². The van der Waals surface area contributed by atoms with Crippen LogP contribution >= 0.6 is 0 Å². The number of rotatable bonds is 5. The third kappa shape index (κ3) is 4.02. The van der Waals surface area contributed by atoms with Gasteiger partial charge in [0.2, 0.25) is 15.9 Å². The van der Waals surface area contributed by atoms with E-state index in [2.05, 4.69) is 10.0 Å². The average Bonchev–Trinajstić information content (AvgIpc) is 2.37. The van der Waals surface area contributed by atoms with Gasteiger partial charge in [0.25, 0.3) is 0 Å². The first kappa shape index (κ1) is 15.6. The summed E-state index contributed by atoms with van der Waals surface area (Å²) in [6.45, 7) is 3.68. The van der Waals surface area contributed by atoms with Crippen LogP contribution in [0.1, 0.15) is 13.8 Å². The molecule has 0 fully saturated rings. The molecule has 0 bridgehead atoms. The quantitative estimate of drug-likeness (QED) is 0.734. The maximum atomic E-state index is 11.8. The van der Waals surface area contributed by atoms with Crippen LogP contribution in [0.15, 0.2) is 29.2 Å². The SMILES string of the molecule is CNS(=O)(=O)c1cccc(NC(=O)[C@H](N)C(C)C)c1. The van der Waals surface area contributed by atoms with Crippen molar-refractivity contribution in [3.8, 4) is 0 Å². The summed E-state index contributed by atoms with van der Waals surface area (Å²) >= 11 is 0. The first-order valence-corrected chi connectivity index (χ1v) is 7.36. The molecule has 0 unspecified atom stereocenters. The minimum Gasteiger partial charge on any atom is -0.325 e. The number of amides is 1. The Morgan fingerprint density at radius 1 is 1.32 bits per heavy atom. The molecule has 4 N–H and O–H groups in total. The van der Waals surface area contributed by atoms with E-state index in [-0.39, 0.29) is 16.7 Å². The molecule has 0 aromatic heterocycles. The van der Waals surface area contributed by atoms with Gasteiger partial charge in [0.1, 0.15) is 0 Å². The van der Waals surface area contributed by atoms with Crippen molar-refractivity contribution in [2.75, 3.05) is 12.4 Å². The highest BCUT2D eigenvalue weighted by atomic mass is 32.2. The van der Waals surface area contributed by atoms with Crippen molar-refractivity contribution >= 4 is 21.6 Å². The van der Waals surface area contributed by atoms with Gasteiger partial charge in [-0.2, -0.15) is 0 Å². The van der Waals surface area contributed by atoms with E-state index < -0.39 is 16.1 Å². The molecule has 0 aliphatic carbocycles. The van der Waals surface area contributed by atoms with E-state index in [1.165, 1.54) is 19.2 Å². The molecule has 1 atom stereocenters. The van der Waals surface area contributed by atoms with E-state index in [9.17, 15) is 13.2 Å². The fraction of sp³-hybridized carbons (Fsp3) is 0.417. The van der Waals surface area contributed by atoms with E-state index in [1.54, 1.807) is 12.1 Å². The molecule has 0 aliphatic rings. The Morgan fingerprint density at radius 3 is 2.47 bits per heavy atom. The second-order valence-electron chi connectivity index (χ2n) is 4.49. The van der Waals surface area contributed by atoms with Crippen molar-refractivity contribution in [2.24, 2.45) is 11.7 Å². The summed E-state index contributed by atoms with van der Waals surface area (Å²) in [6, 6.07) is 5.37. The molecular weight excluding hydrogens is 266 g/mol. The van der Waals surface area contributed by atoms with Crippen molar-refractivity contribution in [3.05, 3.63) is 24.3 Å². The zero-order valence-electron chi connectivity index (χ0n) is 11.2. The zero-order chi connectivity index (χ0) is 14.6. The molecule has 106 valence electrons. The lowest BCUT2D eigenvalue weighted by Gasteiger charge is -2.15. The second kappa shape index (κ2) is 6.14. The first-order chi connectivity index (χ1) is 8.77. The van der Waals surface area contributed by atoms with Gasteiger partial charge in [-0.25, -0.2) is 13.1 Å². The molecule has 7 heteroatoms. The maximum absolute atomic E-state index is 11.8. The standard InChI is InChI=1S/C12H19N3O3S/c1-8(2)11(13)12(16)15-9-5-4-6-10(7-9)19(17,18)14-3/h4-8,11,14H,13H2,1-3H3,(H,15,16)/t11-/m1/s1. The van der Waals surface area contributed by atoms with Crippen LogP contribution in [0.4, 0.5) is 5.69 Å². The van der Waals surface area contributed by atoms with E-state index in [0.717, 1.165) is 0 Å². The summed E-state index contributed by atoms with van der Waals surface area (Å²) in [7, 11) is -2.20. The summed E-state index contributed by atoms with van der Waals surface area (Å²) in [5, 5.41) is 2.60. The maximum Gasteiger partial charge on any atom is 0.241 e. The third-order valence-electron chi connectivity index (χ3n) is 2.70. The number of nitrogens with two attached hydrogens (primary N) is 1. The van der Waals surface area contributed by atoms with Crippen LogP contribution in [-0.2, 0) is 14.8 Å². The molecule has 1 aromatic rings. The van der Waals surface area contributed by atoms with Crippen molar-refractivity contribution in [1.29, 1.82) is 0 Å². The Morgan fingerprint density at radius 2 is 1.95 bits per heavy atom. The number of hydrogen-bond donors (Lipinski definition) is 3. The predicted octanol–water partition coefficient (Wildman–Crippen LogP) is 0.516. The topological polar surface area (TPSA) is 101 Å². The number of sulfonamides is 1. The lowest BCUT2D eigenvalue weighted by Crippen LogP contribution is -2.39. The van der Waals surface area contributed by atoms with Gasteiger partial charge in [0, 0.05) is 5.69 Å². The van der Waals surface area contributed by atoms with Crippen LogP contribution in [0.2, 0.25) is 0 Å². The number of nitrogens with one attached hydrogen (secondary N) is 2. The number of anilines is 1. The summed E-state index contributed by atoms with van der Waals surface area (Å²) in [6.07, 6.45) is 0. The molecule has 1 amide bonds. The van der Waals surface area contributed by atoms with Gasteiger partial charge in [-0.3, -0.25) is 4.79 Å². The van der Waals surface area contributed by atoms with Crippen LogP contribution in [0.25, 0.3) is 0 Å². The van der Waals surface area contributed by atoms with Crippen molar-refractivity contribution in [2.45, 2.75) is 24.8 Å². The molecule has 0 aliphatic heterocycles. The third-order valence-corrected chi connectivity index (χ3v) is 4.11. The minimum atomic E-state index is -3.53. The Kier molecular flexibility index (Phi) is 5.04. The number of benzene rings is 1. The van der Waals surface area contributed by atoms with Gasteiger partial charge >= 0.3 is 0 Å². The predicted molar refractivity (Wildman–Crippen MR) is 74.1 cm³/mol. The monoisotopic (exact) mass is 285 g/mol. The van der Waals surface area contributed by atoms with Crippen LogP contribution in [0.5, 0.6) is 0 Å². The summed E-state index contributed by atoms with van der Waals surface area (Å²) < 4.78 is 25.5. The minimum absolute atomic E-state index is 0.00391. The van der Waals surface area contributed by atoms with Crippen LogP contribution in [0, 0.1) is 5.92 Å². The largest absolute Gasteiger partial charge is 0.325 e. The number of carbonyl (C=O) groups is 1. The van der Waals surface area contributed by atoms with Crippen LogP contribution < -0.4 is 15.8 Å². The van der Waals surface area contributed by atoms with Crippen molar-refractivity contribution in [1.82, 2.24) is 4.72 Å². The van der Waals surface area contributed by atoms with E-state index in [4.69, 9.17) is 5.73 Å². The smallest absolute Gasteiger partial charge is 0.241 e. The Balaban J connectivity index is 2.93. The van der Waals surface area contributed by atoms with Gasteiger partial charge in [-0.05, 0) is 31.2 Å². The fourth-order valence-corrected chi connectivity index (χ4v) is 2.16. The highest BCUT2D eigenvalue weighted by Crippen LogP contribution is 2.15. The highest BCUT2D eigenvalue weighted by molar-refractivity contribution is 7.89. The molecule has 1 rings (SSSR count). The van der Waals surface area contributed by atoms with Gasteiger partial charge in [0.15, 0.2) is 0 Å². The zero-order valence-corrected chi connectivity index (χ0v) is 12.0. The summed E-state index contributed by atoms with van der Waals surface area (Å²) in [5.74, 6) is -0.335. The van der Waals surface area contributed by atoms with E-state index in [0.29, 0.717) is 5.69 Å². The Hall–Kier alpha value is -1.44. The van der Waals surface area contributed by atoms with Gasteiger partial charge in [-0.1, -0.05) is 19.9 Å². The van der Waals surface area contributed by atoms with Crippen LogP contribution in [-0.4, -0.2) is 27.4 Å². The average molecular weight is 285 g/mol. The van der Waals surface area contributed by atoms with E-state index in [1.807, 2.05) is 13.8 Å². The molecule has 0 heterocycles. The number of carbonyl (C=O) groups excluding carboxylic acids is 1. The lowest BCUT2D eigenvalue weighted by atomic mass is 10.1. The highest BCUT2D eigenvalue weighted by Gasteiger charge is 2.18. The molecule has 0 saturated heterocycles. The van der Waals surface area contributed by atoms with Crippen LogP contribution in [0.3, 0.4) is 0 Å². The normalized spacial score (nSPS) is 13.3. The number of hydrogen-bond acceptors (Lipinski definition) is 4. The molecule has 6 nitrogen and oxygen atoms in total. The van der Waals surface area contributed by atoms with Crippen molar-refractivity contribution < 1.29 is 13.2 Å². The summed E-state index contributed by atoms with van der Waals surface area (Å²) in [4.78, 5) is 11.9. The summed E-state index contributed by atoms with van der Waals surface area (Å²) in [5.41, 5.74) is 6.12. The van der Waals surface area contributed by atoms with Gasteiger partial charge < -0.3 is 11.1 Å².